The normalized spacial score (nSPS) is 31.7. The first-order valence-electron chi connectivity index (χ1n) is 11.5. The van der Waals surface area contributed by atoms with E-state index in [4.69, 9.17) is 10.5 Å². The number of rotatable bonds is 4. The highest BCUT2D eigenvalue weighted by Gasteiger charge is 2.69. The lowest BCUT2D eigenvalue weighted by Gasteiger charge is -2.54. The fourth-order valence-corrected chi connectivity index (χ4v) is 5.92. The van der Waals surface area contributed by atoms with Crippen LogP contribution in [0.1, 0.15) is 37.3 Å². The van der Waals surface area contributed by atoms with Crippen LogP contribution in [0.25, 0.3) is 5.76 Å². The lowest BCUT2D eigenvalue weighted by Crippen LogP contribution is -2.71. The Balaban J connectivity index is 2.11. The van der Waals surface area contributed by atoms with Crippen LogP contribution in [-0.4, -0.2) is 80.6 Å². The molecule has 6 atom stereocenters. The van der Waals surface area contributed by atoms with Gasteiger partial charge in [0, 0.05) is 17.9 Å². The maximum atomic E-state index is 14.0. The summed E-state index contributed by atoms with van der Waals surface area (Å²) in [6.45, 7) is 3.23. The summed E-state index contributed by atoms with van der Waals surface area (Å²) in [5.74, 6) is -9.67. The number of fused-ring (bicyclic) bond motifs is 3. The van der Waals surface area contributed by atoms with Crippen LogP contribution in [0.15, 0.2) is 35.1 Å². The van der Waals surface area contributed by atoms with Crippen molar-refractivity contribution in [3.05, 3.63) is 46.2 Å². The average molecular weight is 501 g/mol. The van der Waals surface area contributed by atoms with Gasteiger partial charge in [0.25, 0.3) is 5.91 Å². The van der Waals surface area contributed by atoms with E-state index in [1.165, 1.54) is 32.0 Å². The molecule has 3 aliphatic rings. The topological polar surface area (TPSA) is 188 Å². The van der Waals surface area contributed by atoms with Gasteiger partial charge < -0.3 is 30.9 Å². The predicted octanol–water partition coefficient (Wildman–Crippen LogP) is 0.457. The first kappa shape index (κ1) is 25.4. The minimum Gasteiger partial charge on any atom is -0.508 e. The van der Waals surface area contributed by atoms with Gasteiger partial charge in [0.05, 0.1) is 17.5 Å². The summed E-state index contributed by atoms with van der Waals surface area (Å²) in [7, 11) is 2.93. The average Bonchev–Trinajstić information content (AvgIpc) is 2.80. The molecule has 0 saturated heterocycles. The molecule has 36 heavy (non-hydrogen) atoms. The fourth-order valence-electron chi connectivity index (χ4n) is 5.92. The Labute approximate surface area is 206 Å². The molecule has 1 saturated carbocycles. The van der Waals surface area contributed by atoms with Crippen molar-refractivity contribution < 1.29 is 44.3 Å². The van der Waals surface area contributed by atoms with Crippen LogP contribution >= 0.6 is 0 Å². The minimum atomic E-state index is -2.94. The molecule has 192 valence electrons. The number of carbonyl (C=O) groups excluding carboxylic acids is 4. The summed E-state index contributed by atoms with van der Waals surface area (Å²) in [5.41, 5.74) is 1.47. The van der Waals surface area contributed by atoms with Gasteiger partial charge in [0.1, 0.15) is 28.9 Å². The number of hydrogen-bond acceptors (Lipinski definition) is 10. The van der Waals surface area contributed by atoms with Gasteiger partial charge in [-0.15, -0.1) is 0 Å². The number of aliphatic hydroxyl groups is 3. The number of benzene rings is 1. The first-order valence-corrected chi connectivity index (χ1v) is 11.5. The van der Waals surface area contributed by atoms with Crippen LogP contribution in [-0.2, 0) is 23.9 Å². The third-order valence-electron chi connectivity index (χ3n) is 7.52. The quantitative estimate of drug-likeness (QED) is 0.287. The molecular weight excluding hydrogens is 472 g/mol. The van der Waals surface area contributed by atoms with Gasteiger partial charge in [-0.25, -0.2) is 0 Å². The van der Waals surface area contributed by atoms with Gasteiger partial charge in [0.15, 0.2) is 11.4 Å². The standard InChI is InChI=1S/C25H28N2O9/c1-5-12(29)36-21-13-9(2)10-7-6-8-11(28)14(10)19(30)15(13)22(32)25(35)17(21)18(27(3)4)20(31)16(23(25)33)24(26)34/h6-9,13,17-18,21,28,30,33,35H,5H2,1-4H3,(H2,26,34)/t9?,13-,17-,18+,21+,25+/m1/s1. The number of ether oxygens (including phenoxy) is 1. The zero-order chi connectivity index (χ0) is 26.9. The molecule has 1 amide bonds. The Morgan fingerprint density at radius 3 is 2.36 bits per heavy atom. The molecule has 0 aliphatic heterocycles. The molecule has 0 radical (unpaired) electrons. The number of amides is 1. The molecule has 11 nitrogen and oxygen atoms in total. The summed E-state index contributed by atoms with van der Waals surface area (Å²) in [5, 5.41) is 44.5. The second kappa shape index (κ2) is 8.45. The first-order chi connectivity index (χ1) is 16.8. The minimum absolute atomic E-state index is 0.0399. The molecule has 1 aromatic carbocycles. The maximum Gasteiger partial charge on any atom is 0.305 e. The summed E-state index contributed by atoms with van der Waals surface area (Å²) in [6.07, 6.45) is -1.47. The van der Waals surface area contributed by atoms with Crippen LogP contribution < -0.4 is 5.73 Å². The number of hydrogen-bond donors (Lipinski definition) is 5. The van der Waals surface area contributed by atoms with Crippen molar-refractivity contribution in [1.82, 2.24) is 4.90 Å². The van der Waals surface area contributed by atoms with Crippen molar-refractivity contribution in [3.8, 4) is 5.75 Å². The highest BCUT2D eigenvalue weighted by Crippen LogP contribution is 2.56. The molecular formula is C25H28N2O9. The SMILES string of the molecule is CCC(=O)O[C@@H]1[C@H]2[C@H](N(C)C)C(=O)C(C(N)=O)=C(O)[C@@]2(O)C(=O)C2=C(O)c3c(O)cccc3C(C)[C@H]21. The number of phenolic OH excluding ortho intramolecular Hbond substituents is 1. The Morgan fingerprint density at radius 1 is 1.17 bits per heavy atom. The van der Waals surface area contributed by atoms with E-state index in [0.29, 0.717) is 5.56 Å². The third kappa shape index (κ3) is 3.19. The highest BCUT2D eigenvalue weighted by molar-refractivity contribution is 6.24. The molecule has 0 bridgehead atoms. The largest absolute Gasteiger partial charge is 0.508 e. The van der Waals surface area contributed by atoms with Crippen LogP contribution in [0.3, 0.4) is 0 Å². The van der Waals surface area contributed by atoms with Crippen molar-refractivity contribution in [1.29, 1.82) is 0 Å². The summed E-state index contributed by atoms with van der Waals surface area (Å²) in [4.78, 5) is 53.4. The van der Waals surface area contributed by atoms with Gasteiger partial charge in [0.2, 0.25) is 5.78 Å². The van der Waals surface area contributed by atoms with E-state index in [1.54, 1.807) is 19.1 Å². The van der Waals surface area contributed by atoms with E-state index in [2.05, 4.69) is 0 Å². The van der Waals surface area contributed by atoms with Crippen LogP contribution in [0.2, 0.25) is 0 Å². The predicted molar refractivity (Wildman–Crippen MR) is 125 cm³/mol. The summed E-state index contributed by atoms with van der Waals surface area (Å²) < 4.78 is 5.74. The molecule has 0 heterocycles. The van der Waals surface area contributed by atoms with E-state index >= 15 is 0 Å². The van der Waals surface area contributed by atoms with Crippen molar-refractivity contribution in [2.45, 2.75) is 43.9 Å². The number of nitrogens with zero attached hydrogens (tertiary/aromatic N) is 1. The number of Topliss-reactive ketones (excluding diaryl/α,β-unsaturated/α-hetero) is 2. The van der Waals surface area contributed by atoms with E-state index in [9.17, 15) is 39.6 Å². The lowest BCUT2D eigenvalue weighted by atomic mass is 9.54. The van der Waals surface area contributed by atoms with Gasteiger partial charge >= 0.3 is 5.97 Å². The second-order valence-electron chi connectivity index (χ2n) is 9.61. The zero-order valence-electron chi connectivity index (χ0n) is 20.2. The van der Waals surface area contributed by atoms with Crippen molar-refractivity contribution >= 4 is 29.2 Å². The monoisotopic (exact) mass is 500 g/mol. The van der Waals surface area contributed by atoms with Crippen molar-refractivity contribution in [3.63, 3.8) is 0 Å². The number of aromatic hydroxyl groups is 1. The van der Waals surface area contributed by atoms with Crippen LogP contribution in [0, 0.1) is 11.8 Å². The van der Waals surface area contributed by atoms with Gasteiger partial charge in [-0.05, 0) is 31.6 Å². The lowest BCUT2D eigenvalue weighted by molar-refractivity contribution is -0.185. The van der Waals surface area contributed by atoms with Crippen LogP contribution in [0.4, 0.5) is 0 Å². The second-order valence-corrected chi connectivity index (χ2v) is 9.61. The number of esters is 1. The number of nitrogens with two attached hydrogens (primary N) is 1. The Kier molecular flexibility index (Phi) is 5.96. The van der Waals surface area contributed by atoms with Gasteiger partial charge in [-0.3, -0.25) is 24.1 Å². The molecule has 6 N–H and O–H groups in total. The number of carbonyl (C=O) groups is 4. The number of ketones is 2. The van der Waals surface area contributed by atoms with E-state index in [1.807, 2.05) is 0 Å². The van der Waals surface area contributed by atoms with Crippen molar-refractivity contribution in [2.24, 2.45) is 17.6 Å². The number of aliphatic hydroxyl groups excluding tert-OH is 2. The Hall–Kier alpha value is -3.70. The highest BCUT2D eigenvalue weighted by atomic mass is 16.5. The molecule has 1 unspecified atom stereocenters. The molecule has 0 spiro atoms. The Morgan fingerprint density at radius 2 is 1.81 bits per heavy atom. The molecule has 1 fully saturated rings. The number of likely N-dealkylation sites (N-methyl/N-ethyl adjacent to an activating group) is 1. The molecule has 1 aromatic rings. The smallest absolute Gasteiger partial charge is 0.305 e. The molecule has 0 aromatic heterocycles. The van der Waals surface area contributed by atoms with Crippen LogP contribution in [0.5, 0.6) is 5.75 Å². The molecule has 11 heteroatoms. The van der Waals surface area contributed by atoms with Gasteiger partial charge in [-0.2, -0.15) is 0 Å². The van der Waals surface area contributed by atoms with E-state index in [0.717, 1.165) is 0 Å². The fraction of sp³-hybridized carbons (Fsp3) is 0.440. The van der Waals surface area contributed by atoms with Crippen molar-refractivity contribution in [2.75, 3.05) is 14.1 Å². The molecule has 3 aliphatic carbocycles. The third-order valence-corrected chi connectivity index (χ3v) is 7.52. The Bertz CT molecular complexity index is 1260. The number of primary amides is 1. The summed E-state index contributed by atoms with van der Waals surface area (Å²) >= 11 is 0. The maximum absolute atomic E-state index is 14.0. The summed E-state index contributed by atoms with van der Waals surface area (Å²) in [6, 6.07) is 3.10. The van der Waals surface area contributed by atoms with E-state index in [-0.39, 0.29) is 17.7 Å². The van der Waals surface area contributed by atoms with E-state index < -0.39 is 81.6 Å². The zero-order valence-corrected chi connectivity index (χ0v) is 20.2. The number of phenols is 1. The molecule has 4 rings (SSSR count). The van der Waals surface area contributed by atoms with Gasteiger partial charge in [-0.1, -0.05) is 26.0 Å².